The van der Waals surface area contributed by atoms with Crippen molar-refractivity contribution in [2.24, 2.45) is 5.10 Å². The number of hydrazone groups is 1. The molecule has 0 bridgehead atoms. The van der Waals surface area contributed by atoms with Crippen molar-refractivity contribution in [3.8, 4) is 5.75 Å². The first-order valence-electron chi connectivity index (χ1n) is 12.9. The van der Waals surface area contributed by atoms with Crippen LogP contribution in [0.25, 0.3) is 0 Å². The van der Waals surface area contributed by atoms with Gasteiger partial charge in [0.15, 0.2) is 0 Å². The molecule has 1 aromatic carbocycles. The van der Waals surface area contributed by atoms with Crippen LogP contribution >= 0.6 is 0 Å². The number of carbonyl (C=O) groups is 3. The molecule has 37 heavy (non-hydrogen) atoms. The molecule has 0 unspecified atom stereocenters. The number of rotatable bonds is 16. The zero-order chi connectivity index (χ0) is 27.8. The third-order valence-corrected chi connectivity index (χ3v) is 6.77. The third kappa shape index (κ3) is 12.3. The Hall–Kier alpha value is -2.79. The Kier molecular flexibility index (Phi) is 14.7. The molecule has 0 saturated carbocycles. The molecule has 0 spiro atoms. The average Bonchev–Trinajstić information content (AvgIpc) is 3.14. The first kappa shape index (κ1) is 32.2. The minimum atomic E-state index is -3.61. The second-order valence-corrected chi connectivity index (χ2v) is 10.7. The average molecular weight is 540 g/mol. The summed E-state index contributed by atoms with van der Waals surface area (Å²) in [5.74, 6) is -0.740. The van der Waals surface area contributed by atoms with Crippen molar-refractivity contribution in [1.29, 1.82) is 0 Å². The van der Waals surface area contributed by atoms with Gasteiger partial charge >= 0.3 is 5.97 Å². The SMILES string of the molecule is CCCC(=O)CC(=O)O.CCCCCCNS(=O)(=O)c1ccc(OCCC)c(CN2N=C(C)CC2=O)c1. The van der Waals surface area contributed by atoms with Gasteiger partial charge in [-0.2, -0.15) is 5.10 Å². The molecule has 0 atom stereocenters. The molecule has 2 N–H and O–H groups in total. The summed E-state index contributed by atoms with van der Waals surface area (Å²) in [7, 11) is -3.61. The lowest BCUT2D eigenvalue weighted by Gasteiger charge is -2.17. The van der Waals surface area contributed by atoms with Gasteiger partial charge in [0, 0.05) is 24.2 Å². The molecule has 10 nitrogen and oxygen atoms in total. The van der Waals surface area contributed by atoms with E-state index >= 15 is 0 Å². The quantitative estimate of drug-likeness (QED) is 0.236. The van der Waals surface area contributed by atoms with Crippen molar-refractivity contribution in [3.05, 3.63) is 23.8 Å². The zero-order valence-corrected chi connectivity index (χ0v) is 23.2. The summed E-state index contributed by atoms with van der Waals surface area (Å²) in [6.45, 7) is 8.89. The van der Waals surface area contributed by atoms with E-state index in [2.05, 4.69) is 16.7 Å². The molecule has 208 valence electrons. The van der Waals surface area contributed by atoms with Crippen LogP contribution in [-0.2, 0) is 31.0 Å². The molecule has 1 aromatic rings. The fourth-order valence-corrected chi connectivity index (χ4v) is 4.59. The molecule has 0 fully saturated rings. The monoisotopic (exact) mass is 539 g/mol. The lowest BCUT2D eigenvalue weighted by atomic mass is 10.2. The zero-order valence-electron chi connectivity index (χ0n) is 22.4. The van der Waals surface area contributed by atoms with E-state index in [9.17, 15) is 22.8 Å². The van der Waals surface area contributed by atoms with Gasteiger partial charge in [-0.25, -0.2) is 18.1 Å². The number of unbranched alkanes of at least 4 members (excludes halogenated alkanes) is 3. The molecule has 1 aliphatic rings. The van der Waals surface area contributed by atoms with E-state index in [1.165, 1.54) is 5.01 Å². The lowest BCUT2D eigenvalue weighted by Crippen LogP contribution is -2.25. The molecule has 1 aliphatic heterocycles. The van der Waals surface area contributed by atoms with E-state index in [1.54, 1.807) is 25.1 Å². The van der Waals surface area contributed by atoms with Crippen LogP contribution in [0.3, 0.4) is 0 Å². The van der Waals surface area contributed by atoms with Crippen LogP contribution < -0.4 is 9.46 Å². The number of sulfonamides is 1. The van der Waals surface area contributed by atoms with Crippen LogP contribution in [0.15, 0.2) is 28.2 Å². The number of hydrogen-bond acceptors (Lipinski definition) is 7. The number of ether oxygens (including phenoxy) is 1. The van der Waals surface area contributed by atoms with E-state index in [0.29, 0.717) is 37.3 Å². The minimum Gasteiger partial charge on any atom is -0.493 e. The Balaban J connectivity index is 0.000000649. The molecule has 0 saturated heterocycles. The number of Topliss-reactive ketones (excluding diaryl/α,β-unsaturated/α-hetero) is 1. The van der Waals surface area contributed by atoms with Crippen molar-refractivity contribution in [1.82, 2.24) is 9.73 Å². The third-order valence-electron chi connectivity index (χ3n) is 5.31. The highest BCUT2D eigenvalue weighted by Crippen LogP contribution is 2.26. The van der Waals surface area contributed by atoms with Gasteiger partial charge in [0.05, 0.1) is 24.5 Å². The van der Waals surface area contributed by atoms with Gasteiger partial charge in [0.2, 0.25) is 15.9 Å². The Labute approximate surface area is 220 Å². The van der Waals surface area contributed by atoms with Gasteiger partial charge in [-0.05, 0) is 44.4 Å². The van der Waals surface area contributed by atoms with Gasteiger partial charge in [-0.15, -0.1) is 0 Å². The van der Waals surface area contributed by atoms with E-state index in [1.807, 2.05) is 13.8 Å². The number of nitrogens with zero attached hydrogens (tertiary/aromatic N) is 2. The summed E-state index contributed by atoms with van der Waals surface area (Å²) in [4.78, 5) is 32.6. The van der Waals surface area contributed by atoms with E-state index in [4.69, 9.17) is 9.84 Å². The van der Waals surface area contributed by atoms with Crippen molar-refractivity contribution < 1.29 is 32.6 Å². The maximum atomic E-state index is 12.6. The number of carbonyl (C=O) groups excluding carboxylic acids is 2. The second-order valence-electron chi connectivity index (χ2n) is 8.90. The smallest absolute Gasteiger partial charge is 0.310 e. The highest BCUT2D eigenvalue weighted by molar-refractivity contribution is 7.89. The number of nitrogens with one attached hydrogen (secondary N) is 1. The van der Waals surface area contributed by atoms with Crippen LogP contribution in [0.2, 0.25) is 0 Å². The summed E-state index contributed by atoms with van der Waals surface area (Å²) >= 11 is 0. The van der Waals surface area contributed by atoms with Gasteiger partial charge in [-0.3, -0.25) is 14.4 Å². The molecule has 1 heterocycles. The Morgan fingerprint density at radius 2 is 1.84 bits per heavy atom. The van der Waals surface area contributed by atoms with E-state index < -0.39 is 16.0 Å². The summed E-state index contributed by atoms with van der Waals surface area (Å²) in [6.07, 6.45) is 5.93. The molecule has 2 rings (SSSR count). The summed E-state index contributed by atoms with van der Waals surface area (Å²) < 4.78 is 33.7. The Bertz CT molecular complexity index is 1040. The van der Waals surface area contributed by atoms with Crippen LogP contribution in [0.5, 0.6) is 5.75 Å². The Morgan fingerprint density at radius 1 is 1.11 bits per heavy atom. The van der Waals surface area contributed by atoms with Crippen LogP contribution in [-0.4, -0.2) is 55.1 Å². The Morgan fingerprint density at radius 3 is 2.41 bits per heavy atom. The molecule has 11 heteroatoms. The number of carboxylic acids is 1. The normalized spacial score (nSPS) is 13.1. The lowest BCUT2D eigenvalue weighted by molar-refractivity contribution is -0.140. The predicted molar refractivity (Wildman–Crippen MR) is 142 cm³/mol. The second kappa shape index (κ2) is 16.9. The van der Waals surface area contributed by atoms with Crippen LogP contribution in [0.1, 0.15) is 91.0 Å². The maximum Gasteiger partial charge on any atom is 0.310 e. The molecule has 0 aromatic heterocycles. The van der Waals surface area contributed by atoms with Gasteiger partial charge in [0.25, 0.3) is 0 Å². The summed E-state index contributed by atoms with van der Waals surface area (Å²) in [5, 5.41) is 13.7. The molecule has 1 amide bonds. The van der Waals surface area contributed by atoms with E-state index in [0.717, 1.165) is 44.2 Å². The van der Waals surface area contributed by atoms with Gasteiger partial charge < -0.3 is 9.84 Å². The predicted octanol–water partition coefficient (Wildman–Crippen LogP) is 4.27. The first-order valence-corrected chi connectivity index (χ1v) is 14.4. The standard InChI is InChI=1S/C20H31N3O4S.C6H10O3/c1-4-6-7-8-11-21-28(25,26)18-9-10-19(27-12-5-2)17(14-18)15-23-20(24)13-16(3)22-23;1-2-3-5(7)4-6(8)9/h9-10,14,21H,4-8,11-13,15H2,1-3H3;2-4H2,1H3,(H,8,9). The number of benzene rings is 1. The number of aliphatic carboxylic acids is 1. The fourth-order valence-electron chi connectivity index (χ4n) is 3.47. The number of hydrogen-bond donors (Lipinski definition) is 2. The number of carboxylic acid groups (broad SMARTS) is 1. The number of ketones is 1. The summed E-state index contributed by atoms with van der Waals surface area (Å²) in [5.41, 5.74) is 1.38. The molecule has 0 radical (unpaired) electrons. The highest BCUT2D eigenvalue weighted by Gasteiger charge is 2.24. The molecular formula is C26H41N3O7S. The van der Waals surface area contributed by atoms with Crippen molar-refractivity contribution in [3.63, 3.8) is 0 Å². The molecule has 0 aliphatic carbocycles. The van der Waals surface area contributed by atoms with Gasteiger partial charge in [-0.1, -0.05) is 40.0 Å². The number of amides is 1. The van der Waals surface area contributed by atoms with Crippen molar-refractivity contribution in [2.75, 3.05) is 13.2 Å². The highest BCUT2D eigenvalue weighted by atomic mass is 32.2. The summed E-state index contributed by atoms with van der Waals surface area (Å²) in [6, 6.07) is 4.78. The van der Waals surface area contributed by atoms with Crippen molar-refractivity contribution >= 4 is 33.4 Å². The van der Waals surface area contributed by atoms with Gasteiger partial charge in [0.1, 0.15) is 18.0 Å². The topological polar surface area (TPSA) is 142 Å². The minimum absolute atomic E-state index is 0.0961. The largest absolute Gasteiger partial charge is 0.493 e. The van der Waals surface area contributed by atoms with Crippen molar-refractivity contribution in [2.45, 2.75) is 96.9 Å². The van der Waals surface area contributed by atoms with Crippen LogP contribution in [0.4, 0.5) is 0 Å². The van der Waals surface area contributed by atoms with E-state index in [-0.39, 0.29) is 29.6 Å². The fraction of sp³-hybridized carbons (Fsp3) is 0.615. The first-order chi connectivity index (χ1) is 17.5. The van der Waals surface area contributed by atoms with Crippen LogP contribution in [0, 0.1) is 0 Å². The maximum absolute atomic E-state index is 12.6. The molecular weight excluding hydrogens is 498 g/mol.